The zero-order valence-corrected chi connectivity index (χ0v) is 19.4. The third-order valence-corrected chi connectivity index (χ3v) is 5.76. The fourth-order valence-electron chi connectivity index (χ4n) is 3.27. The molecule has 1 heterocycles. The van der Waals surface area contributed by atoms with Crippen LogP contribution in [-0.4, -0.2) is 17.7 Å². The van der Waals surface area contributed by atoms with Crippen molar-refractivity contribution in [1.29, 1.82) is 0 Å². The van der Waals surface area contributed by atoms with Gasteiger partial charge in [-0.1, -0.05) is 46.9 Å². The van der Waals surface area contributed by atoms with Crippen molar-refractivity contribution in [1.82, 2.24) is 0 Å². The molecule has 3 aromatic carbocycles. The van der Waals surface area contributed by atoms with Crippen LogP contribution in [0, 0.1) is 6.92 Å². The van der Waals surface area contributed by atoms with E-state index in [4.69, 9.17) is 34.8 Å². The van der Waals surface area contributed by atoms with Crippen LogP contribution in [0.4, 0.5) is 17.1 Å². The number of benzene rings is 3. The maximum absolute atomic E-state index is 12.9. The van der Waals surface area contributed by atoms with Gasteiger partial charge in [0.1, 0.15) is 10.7 Å². The Kier molecular flexibility index (Phi) is 6.42. The molecule has 0 fully saturated rings. The zero-order chi connectivity index (χ0) is 23.7. The number of rotatable bonds is 5. The van der Waals surface area contributed by atoms with Crippen molar-refractivity contribution < 1.29 is 14.4 Å². The van der Waals surface area contributed by atoms with Gasteiger partial charge in [-0.3, -0.25) is 14.4 Å². The molecular weight excluding hydrogens is 485 g/mol. The van der Waals surface area contributed by atoms with Gasteiger partial charge < -0.3 is 10.6 Å². The molecule has 6 nitrogen and oxygen atoms in total. The summed E-state index contributed by atoms with van der Waals surface area (Å²) in [6.45, 7) is 1.94. The van der Waals surface area contributed by atoms with Gasteiger partial charge in [0.05, 0.1) is 10.7 Å². The van der Waals surface area contributed by atoms with Crippen molar-refractivity contribution in [2.45, 2.75) is 6.92 Å². The number of halogens is 3. The molecule has 0 spiro atoms. The number of nitrogens with one attached hydrogen (secondary N) is 2. The molecule has 33 heavy (non-hydrogen) atoms. The molecule has 0 saturated carbocycles. The maximum atomic E-state index is 12.9. The van der Waals surface area contributed by atoms with Crippen LogP contribution in [0.2, 0.25) is 10.0 Å². The second kappa shape index (κ2) is 9.27. The van der Waals surface area contributed by atoms with E-state index < -0.39 is 11.8 Å². The number of carbonyl (C=O) groups is 3. The summed E-state index contributed by atoms with van der Waals surface area (Å²) in [5.74, 6) is -1.64. The van der Waals surface area contributed by atoms with E-state index >= 15 is 0 Å². The number of hydrogen-bond acceptors (Lipinski definition) is 4. The fraction of sp³-hybridized carbons (Fsp3) is 0.0417. The second-order valence-corrected chi connectivity index (χ2v) is 8.48. The minimum absolute atomic E-state index is 0.0929. The van der Waals surface area contributed by atoms with Crippen molar-refractivity contribution in [2.75, 3.05) is 15.5 Å². The van der Waals surface area contributed by atoms with E-state index in [-0.39, 0.29) is 27.3 Å². The quantitative estimate of drug-likeness (QED) is 0.422. The Balaban J connectivity index is 1.50. The highest BCUT2D eigenvalue weighted by Crippen LogP contribution is 2.35. The molecule has 1 aliphatic rings. The van der Waals surface area contributed by atoms with Crippen LogP contribution >= 0.6 is 34.8 Å². The highest BCUT2D eigenvalue weighted by molar-refractivity contribution is 6.54. The van der Waals surface area contributed by atoms with Gasteiger partial charge in [0, 0.05) is 22.0 Å². The smallest absolute Gasteiger partial charge is 0.283 e. The van der Waals surface area contributed by atoms with E-state index in [1.165, 1.54) is 18.2 Å². The Hall–Kier alpha value is -3.32. The average Bonchev–Trinajstić information content (AvgIpc) is 2.98. The number of anilines is 3. The Morgan fingerprint density at radius 2 is 1.58 bits per heavy atom. The lowest BCUT2D eigenvalue weighted by atomic mass is 10.1. The molecule has 3 amide bonds. The van der Waals surface area contributed by atoms with E-state index in [0.29, 0.717) is 22.0 Å². The van der Waals surface area contributed by atoms with Crippen LogP contribution in [0.15, 0.2) is 77.5 Å². The molecule has 0 atom stereocenters. The summed E-state index contributed by atoms with van der Waals surface area (Å²) < 4.78 is 0. The SMILES string of the molecule is Cc1cccc(NC(=O)c2ccc(NC3=C(Cl)C(=O)N(c4ccc(Cl)cc4Cl)C3=O)cc2)c1. The van der Waals surface area contributed by atoms with Crippen molar-refractivity contribution in [3.63, 3.8) is 0 Å². The van der Waals surface area contributed by atoms with Crippen LogP contribution < -0.4 is 15.5 Å². The lowest BCUT2D eigenvalue weighted by molar-refractivity contribution is -0.120. The van der Waals surface area contributed by atoms with E-state index in [0.717, 1.165) is 10.5 Å². The summed E-state index contributed by atoms with van der Waals surface area (Å²) in [6.07, 6.45) is 0. The summed E-state index contributed by atoms with van der Waals surface area (Å²) in [5.41, 5.74) is 2.70. The molecule has 9 heteroatoms. The summed E-state index contributed by atoms with van der Waals surface area (Å²) in [7, 11) is 0. The molecule has 3 aromatic rings. The van der Waals surface area contributed by atoms with Crippen LogP contribution in [0.25, 0.3) is 0 Å². The zero-order valence-electron chi connectivity index (χ0n) is 17.2. The fourth-order valence-corrected chi connectivity index (χ4v) is 3.97. The van der Waals surface area contributed by atoms with E-state index in [1.54, 1.807) is 30.3 Å². The van der Waals surface area contributed by atoms with Gasteiger partial charge in [-0.2, -0.15) is 0 Å². The minimum Gasteiger partial charge on any atom is -0.350 e. The number of carbonyl (C=O) groups excluding carboxylic acids is 3. The Bertz CT molecular complexity index is 1320. The lowest BCUT2D eigenvalue weighted by Crippen LogP contribution is -2.32. The minimum atomic E-state index is -0.706. The summed E-state index contributed by atoms with van der Waals surface area (Å²) >= 11 is 18.2. The first-order chi connectivity index (χ1) is 15.7. The van der Waals surface area contributed by atoms with Crippen LogP contribution in [-0.2, 0) is 9.59 Å². The highest BCUT2D eigenvalue weighted by Gasteiger charge is 2.39. The Labute approximate surface area is 204 Å². The largest absolute Gasteiger partial charge is 0.350 e. The summed E-state index contributed by atoms with van der Waals surface area (Å²) in [4.78, 5) is 38.9. The molecule has 0 aliphatic carbocycles. The maximum Gasteiger partial charge on any atom is 0.283 e. The van der Waals surface area contributed by atoms with Gasteiger partial charge in [-0.15, -0.1) is 0 Å². The molecule has 0 bridgehead atoms. The Morgan fingerprint density at radius 1 is 0.848 bits per heavy atom. The molecule has 0 saturated heterocycles. The van der Waals surface area contributed by atoms with Crippen LogP contribution in [0.3, 0.4) is 0 Å². The van der Waals surface area contributed by atoms with Gasteiger partial charge in [-0.05, 0) is 67.1 Å². The van der Waals surface area contributed by atoms with E-state index in [2.05, 4.69) is 10.6 Å². The molecule has 0 aromatic heterocycles. The number of nitrogens with zero attached hydrogens (tertiary/aromatic N) is 1. The molecule has 166 valence electrons. The van der Waals surface area contributed by atoms with Crippen molar-refractivity contribution in [3.8, 4) is 0 Å². The normalized spacial score (nSPS) is 13.5. The summed E-state index contributed by atoms with van der Waals surface area (Å²) in [5, 5.41) is 5.92. The lowest BCUT2D eigenvalue weighted by Gasteiger charge is -2.16. The van der Waals surface area contributed by atoms with Crippen molar-refractivity contribution in [2.24, 2.45) is 0 Å². The summed E-state index contributed by atoms with van der Waals surface area (Å²) in [6, 6.07) is 18.3. The molecular formula is C24H16Cl3N3O3. The molecule has 1 aliphatic heterocycles. The van der Waals surface area contributed by atoms with Gasteiger partial charge >= 0.3 is 0 Å². The van der Waals surface area contributed by atoms with Crippen LogP contribution in [0.5, 0.6) is 0 Å². The van der Waals surface area contributed by atoms with Gasteiger partial charge in [-0.25, -0.2) is 4.90 Å². The number of hydrogen-bond donors (Lipinski definition) is 2. The first-order valence-corrected chi connectivity index (χ1v) is 10.9. The molecule has 2 N–H and O–H groups in total. The molecule has 0 radical (unpaired) electrons. The topological polar surface area (TPSA) is 78.5 Å². The number of aryl methyl sites for hydroxylation is 1. The first-order valence-electron chi connectivity index (χ1n) is 9.73. The van der Waals surface area contributed by atoms with Crippen molar-refractivity contribution >= 4 is 69.6 Å². The molecule has 4 rings (SSSR count). The standard InChI is InChI=1S/C24H16Cl3N3O3/c1-13-3-2-4-17(11-13)29-22(31)14-5-8-16(9-6-14)28-21-20(27)23(32)30(24(21)33)19-10-7-15(25)12-18(19)26/h2-12,28H,1H3,(H,29,31). The highest BCUT2D eigenvalue weighted by atomic mass is 35.5. The first kappa shape index (κ1) is 22.9. The Morgan fingerprint density at radius 3 is 2.24 bits per heavy atom. The van der Waals surface area contributed by atoms with Gasteiger partial charge in [0.2, 0.25) is 0 Å². The van der Waals surface area contributed by atoms with Crippen LogP contribution in [0.1, 0.15) is 15.9 Å². The number of amides is 3. The second-order valence-electron chi connectivity index (χ2n) is 7.26. The predicted octanol–water partition coefficient (Wildman–Crippen LogP) is 5.99. The van der Waals surface area contributed by atoms with E-state index in [9.17, 15) is 14.4 Å². The van der Waals surface area contributed by atoms with Gasteiger partial charge in [0.15, 0.2) is 0 Å². The monoisotopic (exact) mass is 499 g/mol. The average molecular weight is 501 g/mol. The third kappa shape index (κ3) is 4.73. The predicted molar refractivity (Wildman–Crippen MR) is 131 cm³/mol. The van der Waals surface area contributed by atoms with Crippen molar-refractivity contribution in [3.05, 3.63) is 98.6 Å². The third-order valence-electron chi connectivity index (χ3n) is 4.87. The molecule has 0 unspecified atom stereocenters. The van der Waals surface area contributed by atoms with E-state index in [1.807, 2.05) is 25.1 Å². The number of imide groups is 1. The van der Waals surface area contributed by atoms with Gasteiger partial charge in [0.25, 0.3) is 17.7 Å².